The number of carbonyl (C=O) groups is 2. The van der Waals surface area contributed by atoms with Gasteiger partial charge < -0.3 is 9.22 Å². The molecule has 1 atom stereocenters. The fraction of sp³-hybridized carbons (Fsp3) is 0.529. The third-order valence-corrected chi connectivity index (χ3v) is 5.26. The van der Waals surface area contributed by atoms with Crippen molar-refractivity contribution in [3.8, 4) is 0 Å². The van der Waals surface area contributed by atoms with Gasteiger partial charge in [0.2, 0.25) is 5.78 Å². The van der Waals surface area contributed by atoms with Crippen LogP contribution in [0.25, 0.3) is 0 Å². The largest absolute Gasteiger partial charge is 0.456 e. The standard InChI is InChI=1S/C17H21ClNO3/c1-12(20)22-17-11-19(8-6-14(17)7-9-19)10-16(21)13-2-4-15(18)5-3-13/h2-5,14,17H,6-11H2,1H3/q+1/t14?,17-,19?/m0/s1. The van der Waals surface area contributed by atoms with Gasteiger partial charge in [0, 0.05) is 36.3 Å². The SMILES string of the molecule is CC(=O)O[C@H]1C[N+]2(CC(=O)c3ccc(Cl)cc3)CCC1CC2. The number of ketones is 1. The molecule has 4 rings (SSSR count). The molecule has 1 aromatic rings. The molecule has 0 aliphatic carbocycles. The summed E-state index contributed by atoms with van der Waals surface area (Å²) in [6.07, 6.45) is 2.04. The van der Waals surface area contributed by atoms with Gasteiger partial charge in [-0.25, -0.2) is 0 Å². The molecular formula is C17H21ClNO3+. The minimum absolute atomic E-state index is 0.0296. The van der Waals surface area contributed by atoms with E-state index in [0.717, 1.165) is 37.0 Å². The summed E-state index contributed by atoms with van der Waals surface area (Å²) in [6, 6.07) is 7.06. The zero-order valence-electron chi connectivity index (χ0n) is 12.8. The van der Waals surface area contributed by atoms with E-state index in [0.29, 0.717) is 23.0 Å². The van der Waals surface area contributed by atoms with Crippen LogP contribution in [-0.4, -0.2) is 48.5 Å². The van der Waals surface area contributed by atoms with E-state index < -0.39 is 0 Å². The maximum atomic E-state index is 12.6. The molecular weight excluding hydrogens is 302 g/mol. The number of hydrogen-bond donors (Lipinski definition) is 0. The van der Waals surface area contributed by atoms with Crippen LogP contribution < -0.4 is 0 Å². The van der Waals surface area contributed by atoms with E-state index in [-0.39, 0.29) is 17.9 Å². The smallest absolute Gasteiger partial charge is 0.303 e. The fourth-order valence-electron chi connectivity index (χ4n) is 3.82. The van der Waals surface area contributed by atoms with Crippen molar-refractivity contribution >= 4 is 23.4 Å². The van der Waals surface area contributed by atoms with Gasteiger partial charge in [0.05, 0.1) is 13.1 Å². The van der Waals surface area contributed by atoms with Gasteiger partial charge in [-0.1, -0.05) is 11.6 Å². The van der Waals surface area contributed by atoms with Crippen molar-refractivity contribution in [2.24, 2.45) is 5.92 Å². The topological polar surface area (TPSA) is 43.4 Å². The highest BCUT2D eigenvalue weighted by atomic mass is 35.5. The summed E-state index contributed by atoms with van der Waals surface area (Å²) in [7, 11) is 0. The first kappa shape index (κ1) is 15.5. The highest BCUT2D eigenvalue weighted by molar-refractivity contribution is 6.30. The minimum atomic E-state index is -0.221. The van der Waals surface area contributed by atoms with Crippen LogP contribution in [0.5, 0.6) is 0 Å². The van der Waals surface area contributed by atoms with E-state index in [4.69, 9.17) is 16.3 Å². The fourth-order valence-corrected chi connectivity index (χ4v) is 3.95. The number of rotatable bonds is 4. The molecule has 3 aliphatic heterocycles. The summed E-state index contributed by atoms with van der Waals surface area (Å²) in [6.45, 7) is 4.71. The summed E-state index contributed by atoms with van der Waals surface area (Å²) in [5, 5.41) is 0.636. The summed E-state index contributed by atoms with van der Waals surface area (Å²) in [5.41, 5.74) is 0.702. The summed E-state index contributed by atoms with van der Waals surface area (Å²) < 4.78 is 6.22. The second-order valence-corrected chi connectivity index (χ2v) is 6.98. The molecule has 22 heavy (non-hydrogen) atoms. The number of quaternary nitrogens is 1. The first-order valence-corrected chi connectivity index (χ1v) is 8.16. The van der Waals surface area contributed by atoms with E-state index >= 15 is 0 Å². The second kappa shape index (κ2) is 6.01. The number of halogens is 1. The number of benzene rings is 1. The molecule has 1 aromatic carbocycles. The van der Waals surface area contributed by atoms with Crippen LogP contribution >= 0.6 is 11.6 Å². The van der Waals surface area contributed by atoms with Crippen LogP contribution in [0, 0.1) is 5.92 Å². The van der Waals surface area contributed by atoms with Crippen LogP contribution in [0.3, 0.4) is 0 Å². The molecule has 0 amide bonds. The number of ether oxygens (including phenoxy) is 1. The van der Waals surface area contributed by atoms with Gasteiger partial charge in [-0.15, -0.1) is 0 Å². The number of nitrogens with zero attached hydrogens (tertiary/aromatic N) is 1. The Morgan fingerprint density at radius 3 is 2.45 bits per heavy atom. The highest BCUT2D eigenvalue weighted by Gasteiger charge is 2.48. The van der Waals surface area contributed by atoms with Crippen molar-refractivity contribution < 1.29 is 18.8 Å². The predicted molar refractivity (Wildman–Crippen MR) is 83.8 cm³/mol. The van der Waals surface area contributed by atoms with Crippen molar-refractivity contribution in [3.63, 3.8) is 0 Å². The molecule has 0 N–H and O–H groups in total. The first-order valence-electron chi connectivity index (χ1n) is 7.78. The van der Waals surface area contributed by atoms with Crippen LogP contribution in [0.1, 0.15) is 30.1 Å². The molecule has 4 nitrogen and oxygen atoms in total. The lowest BCUT2D eigenvalue weighted by molar-refractivity contribution is -0.938. The Morgan fingerprint density at radius 1 is 1.23 bits per heavy atom. The van der Waals surface area contributed by atoms with Crippen LogP contribution in [0.4, 0.5) is 0 Å². The summed E-state index contributed by atoms with van der Waals surface area (Å²) >= 11 is 5.87. The van der Waals surface area contributed by atoms with Gasteiger partial charge in [0.1, 0.15) is 13.1 Å². The lowest BCUT2D eigenvalue weighted by Crippen LogP contribution is -2.65. The minimum Gasteiger partial charge on any atom is -0.456 e. The summed E-state index contributed by atoms with van der Waals surface area (Å²) in [4.78, 5) is 23.8. The van der Waals surface area contributed by atoms with Crippen molar-refractivity contribution in [2.45, 2.75) is 25.9 Å². The van der Waals surface area contributed by atoms with Gasteiger partial charge in [0.15, 0.2) is 6.10 Å². The van der Waals surface area contributed by atoms with E-state index in [1.807, 2.05) is 0 Å². The quantitative estimate of drug-likeness (QED) is 0.486. The number of esters is 1. The van der Waals surface area contributed by atoms with Crippen molar-refractivity contribution in [1.82, 2.24) is 0 Å². The molecule has 118 valence electrons. The zero-order valence-corrected chi connectivity index (χ0v) is 13.5. The third-order valence-electron chi connectivity index (χ3n) is 5.00. The van der Waals surface area contributed by atoms with E-state index in [1.54, 1.807) is 24.3 Å². The first-order chi connectivity index (χ1) is 10.5. The Labute approximate surface area is 135 Å². The van der Waals surface area contributed by atoms with Gasteiger partial charge in [-0.05, 0) is 24.3 Å². The number of piperidine rings is 3. The van der Waals surface area contributed by atoms with Crippen molar-refractivity contribution in [1.29, 1.82) is 0 Å². The normalized spacial score (nSPS) is 30.1. The van der Waals surface area contributed by atoms with Gasteiger partial charge in [-0.3, -0.25) is 9.59 Å². The molecule has 0 spiro atoms. The lowest BCUT2D eigenvalue weighted by Gasteiger charge is -2.51. The zero-order chi connectivity index (χ0) is 15.7. The molecule has 0 saturated carbocycles. The number of Topliss-reactive ketones (excluding diaryl/α,β-unsaturated/α-hetero) is 1. The Morgan fingerprint density at radius 2 is 1.86 bits per heavy atom. The third kappa shape index (κ3) is 3.18. The van der Waals surface area contributed by atoms with Crippen molar-refractivity contribution in [3.05, 3.63) is 34.9 Å². The molecule has 3 heterocycles. The molecule has 3 fully saturated rings. The monoisotopic (exact) mass is 322 g/mol. The Hall–Kier alpha value is -1.39. The molecule has 5 heteroatoms. The van der Waals surface area contributed by atoms with Crippen LogP contribution in [0.2, 0.25) is 5.02 Å². The molecule has 0 radical (unpaired) electrons. The number of hydrogen-bond acceptors (Lipinski definition) is 3. The van der Waals surface area contributed by atoms with Crippen molar-refractivity contribution in [2.75, 3.05) is 26.2 Å². The highest BCUT2D eigenvalue weighted by Crippen LogP contribution is 2.35. The van der Waals surface area contributed by atoms with E-state index in [9.17, 15) is 9.59 Å². The van der Waals surface area contributed by atoms with E-state index in [1.165, 1.54) is 6.92 Å². The van der Waals surface area contributed by atoms with Crippen LogP contribution in [-0.2, 0) is 9.53 Å². The van der Waals surface area contributed by atoms with Crippen LogP contribution in [0.15, 0.2) is 24.3 Å². The van der Waals surface area contributed by atoms with Gasteiger partial charge >= 0.3 is 5.97 Å². The Bertz CT molecular complexity index is 576. The maximum absolute atomic E-state index is 12.6. The number of carbonyl (C=O) groups excluding carboxylic acids is 2. The Balaban J connectivity index is 1.71. The molecule has 2 bridgehead atoms. The molecule has 0 unspecified atom stereocenters. The molecule has 3 aliphatic rings. The van der Waals surface area contributed by atoms with Gasteiger partial charge in [-0.2, -0.15) is 0 Å². The predicted octanol–water partition coefficient (Wildman–Crippen LogP) is 2.69. The van der Waals surface area contributed by atoms with E-state index in [2.05, 4.69) is 0 Å². The second-order valence-electron chi connectivity index (χ2n) is 6.54. The maximum Gasteiger partial charge on any atom is 0.303 e. The summed E-state index contributed by atoms with van der Waals surface area (Å²) in [5.74, 6) is 0.383. The molecule has 3 saturated heterocycles. The molecule has 0 aromatic heterocycles. The van der Waals surface area contributed by atoms with Gasteiger partial charge in [0.25, 0.3) is 0 Å². The lowest BCUT2D eigenvalue weighted by atomic mass is 9.83. The average molecular weight is 323 g/mol. The average Bonchev–Trinajstić information content (AvgIpc) is 2.48. The Kier molecular flexibility index (Phi) is 4.24. The number of fused-ring (bicyclic) bond motifs is 3.